The van der Waals surface area contributed by atoms with Crippen LogP contribution < -0.4 is 0 Å². The number of carboxylic acid groups (broad SMARTS) is 1. The molecule has 0 saturated carbocycles. The summed E-state index contributed by atoms with van der Waals surface area (Å²) in [4.78, 5) is 10.6. The van der Waals surface area contributed by atoms with Gasteiger partial charge in [-0.2, -0.15) is 0 Å². The Morgan fingerprint density at radius 2 is 1.92 bits per heavy atom. The van der Waals surface area contributed by atoms with Gasteiger partial charge in [0.25, 0.3) is 0 Å². The molecule has 3 heteroatoms. The first-order valence-electron chi connectivity index (χ1n) is 3.42. The van der Waals surface area contributed by atoms with Crippen LogP contribution in [0, 0.1) is 13.8 Å². The Morgan fingerprint density at radius 1 is 1.33 bits per heavy atom. The van der Waals surface area contributed by atoms with Crippen molar-refractivity contribution in [3.8, 4) is 0 Å². The zero-order valence-corrected chi connectivity index (χ0v) is 7.81. The lowest BCUT2D eigenvalue weighted by atomic mass is 10.1. The zero-order chi connectivity index (χ0) is 8.43. The van der Waals surface area contributed by atoms with Crippen LogP contribution in [0.5, 0.6) is 0 Å². The van der Waals surface area contributed by atoms with E-state index in [-0.39, 0.29) is 12.4 Å². The Morgan fingerprint density at radius 3 is 2.33 bits per heavy atom. The number of carbonyl (C=O) groups is 1. The fraction of sp³-hybridized carbons (Fsp3) is 0.222. The fourth-order valence-corrected chi connectivity index (χ4v) is 0.966. The van der Waals surface area contributed by atoms with Crippen molar-refractivity contribution < 1.29 is 9.90 Å². The second-order valence-electron chi connectivity index (χ2n) is 2.62. The van der Waals surface area contributed by atoms with Crippen LogP contribution in [-0.2, 0) is 0 Å². The number of benzene rings is 1. The fourth-order valence-electron chi connectivity index (χ4n) is 0.966. The lowest BCUT2D eigenvalue weighted by Crippen LogP contribution is -1.99. The van der Waals surface area contributed by atoms with Gasteiger partial charge in [-0.3, -0.25) is 0 Å². The van der Waals surface area contributed by atoms with Crippen molar-refractivity contribution in [3.05, 3.63) is 34.9 Å². The largest absolute Gasteiger partial charge is 0.478 e. The van der Waals surface area contributed by atoms with Crippen molar-refractivity contribution in [3.63, 3.8) is 0 Å². The van der Waals surface area contributed by atoms with Gasteiger partial charge in [-0.1, -0.05) is 17.7 Å². The van der Waals surface area contributed by atoms with E-state index in [1.165, 1.54) is 0 Å². The summed E-state index contributed by atoms with van der Waals surface area (Å²) >= 11 is 0. The highest BCUT2D eigenvalue weighted by Crippen LogP contribution is 2.09. The Balaban J connectivity index is 0.00000121. The van der Waals surface area contributed by atoms with Gasteiger partial charge in [0.15, 0.2) is 0 Å². The maximum absolute atomic E-state index is 10.6. The van der Waals surface area contributed by atoms with Crippen molar-refractivity contribution in [2.24, 2.45) is 0 Å². The molecule has 0 atom stereocenters. The summed E-state index contributed by atoms with van der Waals surface area (Å²) in [7, 11) is 0. The lowest BCUT2D eigenvalue weighted by molar-refractivity contribution is 0.0696. The Kier molecular flexibility index (Phi) is 3.77. The third-order valence-electron chi connectivity index (χ3n) is 1.62. The first-order chi connectivity index (χ1) is 5.11. The number of hydrogen-bond donors (Lipinski definition) is 1. The molecule has 0 heterocycles. The third-order valence-corrected chi connectivity index (χ3v) is 1.62. The first kappa shape index (κ1) is 11.0. The van der Waals surface area contributed by atoms with E-state index in [0.29, 0.717) is 5.56 Å². The minimum Gasteiger partial charge on any atom is -0.478 e. The molecule has 1 aromatic carbocycles. The smallest absolute Gasteiger partial charge is 0.335 e. The molecule has 0 aliphatic carbocycles. The third kappa shape index (κ3) is 2.24. The van der Waals surface area contributed by atoms with E-state index in [2.05, 4.69) is 0 Å². The van der Waals surface area contributed by atoms with Crippen molar-refractivity contribution in [1.29, 1.82) is 0 Å². The molecule has 0 aliphatic heterocycles. The number of carboxylic acids is 1. The summed E-state index contributed by atoms with van der Waals surface area (Å²) < 4.78 is 0. The van der Waals surface area contributed by atoms with E-state index in [1.54, 1.807) is 13.0 Å². The van der Waals surface area contributed by atoms with Gasteiger partial charge in [-0.25, -0.2) is 4.79 Å². The van der Waals surface area contributed by atoms with Gasteiger partial charge in [-0.15, -0.1) is 12.4 Å². The molecule has 0 fully saturated rings. The number of aryl methyl sites for hydroxylation is 2. The summed E-state index contributed by atoms with van der Waals surface area (Å²) in [5.41, 5.74) is 2.18. The maximum Gasteiger partial charge on any atom is 0.335 e. The molecule has 1 aromatic rings. The molecule has 1 N–H and O–H groups in total. The summed E-state index contributed by atoms with van der Waals surface area (Å²) in [6, 6.07) is 5.40. The second-order valence-corrected chi connectivity index (χ2v) is 2.62. The van der Waals surface area contributed by atoms with Crippen LogP contribution in [-0.4, -0.2) is 11.1 Å². The van der Waals surface area contributed by atoms with Gasteiger partial charge in [0.2, 0.25) is 0 Å². The number of halogens is 1. The molecule has 0 aromatic heterocycles. The molecule has 1 rings (SSSR count). The van der Waals surface area contributed by atoms with Crippen molar-refractivity contribution >= 4 is 18.4 Å². The van der Waals surface area contributed by atoms with Gasteiger partial charge in [0.05, 0.1) is 5.56 Å². The van der Waals surface area contributed by atoms with E-state index in [1.807, 2.05) is 19.1 Å². The maximum atomic E-state index is 10.6. The predicted molar refractivity (Wildman–Crippen MR) is 50.1 cm³/mol. The average Bonchev–Trinajstić information content (AvgIpc) is 1.94. The standard InChI is InChI=1S/C9H10O2.ClH/c1-6-3-4-7(2)8(5-6)9(10)11;/h3-5H,1-2H3,(H,10,11);1H. The van der Waals surface area contributed by atoms with E-state index < -0.39 is 5.97 Å². The van der Waals surface area contributed by atoms with Gasteiger partial charge >= 0.3 is 5.97 Å². The SMILES string of the molecule is Cc1ccc(C)c(C(=O)O)c1.Cl. The summed E-state index contributed by atoms with van der Waals surface area (Å²) in [6.45, 7) is 3.68. The highest BCUT2D eigenvalue weighted by atomic mass is 35.5. The molecule has 0 spiro atoms. The highest BCUT2D eigenvalue weighted by molar-refractivity contribution is 5.89. The van der Waals surface area contributed by atoms with Crippen LogP contribution in [0.15, 0.2) is 18.2 Å². The van der Waals surface area contributed by atoms with Crippen LogP contribution in [0.25, 0.3) is 0 Å². The topological polar surface area (TPSA) is 37.3 Å². The molecule has 0 unspecified atom stereocenters. The molecule has 0 radical (unpaired) electrons. The van der Waals surface area contributed by atoms with Gasteiger partial charge in [0.1, 0.15) is 0 Å². The van der Waals surface area contributed by atoms with Crippen LogP contribution in [0.2, 0.25) is 0 Å². The first-order valence-corrected chi connectivity index (χ1v) is 3.42. The molecule has 66 valence electrons. The van der Waals surface area contributed by atoms with Crippen molar-refractivity contribution in [2.75, 3.05) is 0 Å². The molecule has 12 heavy (non-hydrogen) atoms. The molecular formula is C9H11ClO2. The quantitative estimate of drug-likeness (QED) is 0.732. The number of aromatic carboxylic acids is 1. The average molecular weight is 187 g/mol. The van der Waals surface area contributed by atoms with E-state index in [4.69, 9.17) is 5.11 Å². The van der Waals surface area contributed by atoms with Gasteiger partial charge in [-0.05, 0) is 25.5 Å². The van der Waals surface area contributed by atoms with Crippen LogP contribution in [0.4, 0.5) is 0 Å². The normalized spacial score (nSPS) is 8.83. The van der Waals surface area contributed by atoms with Crippen LogP contribution in [0.3, 0.4) is 0 Å². The predicted octanol–water partition coefficient (Wildman–Crippen LogP) is 2.42. The zero-order valence-electron chi connectivity index (χ0n) is 7.00. The Bertz CT molecular complexity index is 295. The minimum absolute atomic E-state index is 0. The Labute approximate surface area is 77.6 Å². The number of rotatable bonds is 1. The lowest BCUT2D eigenvalue weighted by Gasteiger charge is -2.00. The molecule has 0 saturated heterocycles. The minimum atomic E-state index is -0.855. The van der Waals surface area contributed by atoms with Crippen LogP contribution in [0.1, 0.15) is 21.5 Å². The molecule has 0 bridgehead atoms. The van der Waals surface area contributed by atoms with Gasteiger partial charge < -0.3 is 5.11 Å². The van der Waals surface area contributed by atoms with E-state index >= 15 is 0 Å². The summed E-state index contributed by atoms with van der Waals surface area (Å²) in [5, 5.41) is 8.69. The molecule has 0 amide bonds. The van der Waals surface area contributed by atoms with E-state index in [9.17, 15) is 4.79 Å². The summed E-state index contributed by atoms with van der Waals surface area (Å²) in [6.07, 6.45) is 0. The number of hydrogen-bond acceptors (Lipinski definition) is 1. The van der Waals surface area contributed by atoms with Gasteiger partial charge in [0, 0.05) is 0 Å². The van der Waals surface area contributed by atoms with Crippen molar-refractivity contribution in [1.82, 2.24) is 0 Å². The molecule has 0 aliphatic rings. The molecule has 2 nitrogen and oxygen atoms in total. The Hall–Kier alpha value is -1.02. The monoisotopic (exact) mass is 186 g/mol. The molecular weight excluding hydrogens is 176 g/mol. The van der Waals surface area contributed by atoms with Crippen molar-refractivity contribution in [2.45, 2.75) is 13.8 Å². The van der Waals surface area contributed by atoms with Crippen LogP contribution >= 0.6 is 12.4 Å². The highest BCUT2D eigenvalue weighted by Gasteiger charge is 2.05. The van der Waals surface area contributed by atoms with E-state index in [0.717, 1.165) is 11.1 Å². The summed E-state index contributed by atoms with van der Waals surface area (Å²) in [5.74, 6) is -0.855. The second kappa shape index (κ2) is 4.12.